The van der Waals surface area contributed by atoms with Crippen LogP contribution < -0.4 is 5.32 Å². The summed E-state index contributed by atoms with van der Waals surface area (Å²) >= 11 is 5.33. The van der Waals surface area contributed by atoms with Gasteiger partial charge < -0.3 is 5.32 Å². The van der Waals surface area contributed by atoms with Crippen LogP contribution in [0.25, 0.3) is 0 Å². The van der Waals surface area contributed by atoms with Crippen LogP contribution in [0.3, 0.4) is 0 Å². The van der Waals surface area contributed by atoms with E-state index in [4.69, 9.17) is 11.6 Å². The van der Waals surface area contributed by atoms with E-state index in [1.807, 2.05) is 6.08 Å². The highest BCUT2D eigenvalue weighted by Gasteiger charge is 2.14. The van der Waals surface area contributed by atoms with Crippen molar-refractivity contribution in [1.82, 2.24) is 5.32 Å². The smallest absolute Gasteiger partial charge is 0.0149 e. The largest absolute Gasteiger partial charge is 0.310 e. The van der Waals surface area contributed by atoms with Crippen LogP contribution in [0.4, 0.5) is 0 Å². The average molecular weight is 146 g/mol. The van der Waals surface area contributed by atoms with Gasteiger partial charge in [0.15, 0.2) is 0 Å². The van der Waals surface area contributed by atoms with Gasteiger partial charge in [-0.2, -0.15) is 0 Å². The third-order valence-corrected chi connectivity index (χ3v) is 1.90. The van der Waals surface area contributed by atoms with E-state index in [9.17, 15) is 0 Å². The fourth-order valence-electron chi connectivity index (χ4n) is 0.892. The molecule has 0 atom stereocenters. The van der Waals surface area contributed by atoms with E-state index in [-0.39, 0.29) is 0 Å². The van der Waals surface area contributed by atoms with Crippen LogP contribution in [0.1, 0.15) is 19.3 Å². The van der Waals surface area contributed by atoms with Gasteiger partial charge in [0.1, 0.15) is 0 Å². The van der Waals surface area contributed by atoms with E-state index in [0.29, 0.717) is 0 Å². The van der Waals surface area contributed by atoms with E-state index in [1.54, 1.807) is 5.54 Å². The van der Waals surface area contributed by atoms with Crippen molar-refractivity contribution in [2.45, 2.75) is 25.3 Å². The molecule has 0 amide bonds. The molecule has 0 spiro atoms. The SMILES string of the molecule is Cl/C=C/CNC1CCC1. The Morgan fingerprint density at radius 1 is 1.56 bits per heavy atom. The highest BCUT2D eigenvalue weighted by Crippen LogP contribution is 2.17. The van der Waals surface area contributed by atoms with Crippen molar-refractivity contribution in [2.24, 2.45) is 0 Å². The number of nitrogens with one attached hydrogen (secondary N) is 1. The van der Waals surface area contributed by atoms with Gasteiger partial charge in [-0.25, -0.2) is 0 Å². The Morgan fingerprint density at radius 3 is 2.78 bits per heavy atom. The van der Waals surface area contributed by atoms with Crippen LogP contribution in [0.15, 0.2) is 11.6 Å². The molecule has 9 heavy (non-hydrogen) atoms. The average Bonchev–Trinajstić information content (AvgIpc) is 1.76. The van der Waals surface area contributed by atoms with E-state index in [1.165, 1.54) is 19.3 Å². The van der Waals surface area contributed by atoms with Crippen molar-refractivity contribution in [3.8, 4) is 0 Å². The standard InChI is InChI=1S/C7H12ClN/c8-5-2-6-9-7-3-1-4-7/h2,5,7,9H,1,3-4,6H2/b5-2+. The predicted octanol–water partition coefficient (Wildman–Crippen LogP) is 1.88. The molecule has 0 aromatic heterocycles. The molecule has 1 fully saturated rings. The summed E-state index contributed by atoms with van der Waals surface area (Å²) in [6.45, 7) is 0.925. The van der Waals surface area contributed by atoms with Crippen LogP contribution >= 0.6 is 11.6 Å². The third-order valence-electron chi connectivity index (χ3n) is 1.72. The zero-order chi connectivity index (χ0) is 6.53. The molecule has 1 N–H and O–H groups in total. The lowest BCUT2D eigenvalue weighted by atomic mass is 9.93. The minimum atomic E-state index is 0.776. The quantitative estimate of drug-likeness (QED) is 0.640. The lowest BCUT2D eigenvalue weighted by molar-refractivity contribution is 0.351. The highest BCUT2D eigenvalue weighted by molar-refractivity contribution is 6.25. The van der Waals surface area contributed by atoms with Crippen molar-refractivity contribution in [2.75, 3.05) is 6.54 Å². The zero-order valence-corrected chi connectivity index (χ0v) is 6.19. The summed E-state index contributed by atoms with van der Waals surface area (Å²) in [6.07, 6.45) is 6.01. The first-order valence-corrected chi connectivity index (χ1v) is 3.85. The summed E-state index contributed by atoms with van der Waals surface area (Å²) in [5, 5.41) is 3.35. The van der Waals surface area contributed by atoms with E-state index >= 15 is 0 Å². The summed E-state index contributed by atoms with van der Waals surface area (Å²) in [5.74, 6) is 0. The van der Waals surface area contributed by atoms with Gasteiger partial charge in [0.05, 0.1) is 0 Å². The van der Waals surface area contributed by atoms with Crippen LogP contribution in [0, 0.1) is 0 Å². The molecule has 0 saturated heterocycles. The van der Waals surface area contributed by atoms with Gasteiger partial charge >= 0.3 is 0 Å². The summed E-state index contributed by atoms with van der Waals surface area (Å²) in [6, 6.07) is 0.776. The first kappa shape index (κ1) is 7.10. The molecule has 0 radical (unpaired) electrons. The normalized spacial score (nSPS) is 20.6. The predicted molar refractivity (Wildman–Crippen MR) is 40.6 cm³/mol. The van der Waals surface area contributed by atoms with Gasteiger partial charge in [0.25, 0.3) is 0 Å². The summed E-state index contributed by atoms with van der Waals surface area (Å²) in [4.78, 5) is 0. The molecule has 1 aliphatic rings. The van der Waals surface area contributed by atoms with Crippen LogP contribution in [0.5, 0.6) is 0 Å². The van der Waals surface area contributed by atoms with Gasteiger partial charge in [0, 0.05) is 18.1 Å². The van der Waals surface area contributed by atoms with Crippen LogP contribution in [-0.4, -0.2) is 12.6 Å². The Labute approximate surface area is 61.1 Å². The third kappa shape index (κ3) is 2.37. The highest BCUT2D eigenvalue weighted by atomic mass is 35.5. The second-order valence-corrected chi connectivity index (χ2v) is 2.65. The lowest BCUT2D eigenvalue weighted by Crippen LogP contribution is -2.34. The van der Waals surface area contributed by atoms with Crippen molar-refractivity contribution in [1.29, 1.82) is 0 Å². The Morgan fingerprint density at radius 2 is 2.33 bits per heavy atom. The molecule has 0 unspecified atom stereocenters. The van der Waals surface area contributed by atoms with Crippen LogP contribution in [-0.2, 0) is 0 Å². The monoisotopic (exact) mass is 145 g/mol. The summed E-state index contributed by atoms with van der Waals surface area (Å²) in [5.41, 5.74) is 1.56. The van der Waals surface area contributed by atoms with Crippen molar-refractivity contribution in [3.63, 3.8) is 0 Å². The van der Waals surface area contributed by atoms with E-state index in [2.05, 4.69) is 5.32 Å². The first-order chi connectivity index (χ1) is 4.43. The Kier molecular flexibility index (Phi) is 3.09. The molecule has 1 nitrogen and oxygen atoms in total. The molecule has 0 aromatic rings. The first-order valence-electron chi connectivity index (χ1n) is 3.42. The lowest BCUT2D eigenvalue weighted by Gasteiger charge is -2.25. The molecule has 52 valence electrons. The fraction of sp³-hybridized carbons (Fsp3) is 0.714. The van der Waals surface area contributed by atoms with Crippen LogP contribution in [0.2, 0.25) is 0 Å². The number of hydrogen-bond donors (Lipinski definition) is 1. The molecule has 0 heterocycles. The van der Waals surface area contributed by atoms with Gasteiger partial charge in [0.2, 0.25) is 0 Å². The maximum atomic E-state index is 5.33. The Hall–Kier alpha value is -0.0100. The van der Waals surface area contributed by atoms with Gasteiger partial charge in [-0.3, -0.25) is 0 Å². The zero-order valence-electron chi connectivity index (χ0n) is 5.44. The molecular formula is C7H12ClN. The molecular weight excluding hydrogens is 134 g/mol. The maximum Gasteiger partial charge on any atom is 0.0149 e. The van der Waals surface area contributed by atoms with E-state index < -0.39 is 0 Å². The minimum Gasteiger partial charge on any atom is -0.310 e. The number of rotatable bonds is 3. The topological polar surface area (TPSA) is 12.0 Å². The second kappa shape index (κ2) is 3.91. The van der Waals surface area contributed by atoms with Gasteiger partial charge in [-0.05, 0) is 12.8 Å². The van der Waals surface area contributed by atoms with Gasteiger partial charge in [-0.1, -0.05) is 24.1 Å². The molecule has 2 heteroatoms. The molecule has 0 aliphatic heterocycles. The van der Waals surface area contributed by atoms with Gasteiger partial charge in [-0.15, -0.1) is 0 Å². The number of halogens is 1. The molecule has 0 aromatic carbocycles. The van der Waals surface area contributed by atoms with E-state index in [0.717, 1.165) is 12.6 Å². The molecule has 1 aliphatic carbocycles. The second-order valence-electron chi connectivity index (χ2n) is 2.40. The van der Waals surface area contributed by atoms with Crippen molar-refractivity contribution >= 4 is 11.6 Å². The minimum absolute atomic E-state index is 0.776. The fourth-order valence-corrected chi connectivity index (χ4v) is 0.981. The Balaban J connectivity index is 1.91. The Bertz CT molecular complexity index is 97.1. The molecule has 0 bridgehead atoms. The summed E-state index contributed by atoms with van der Waals surface area (Å²) < 4.78 is 0. The van der Waals surface area contributed by atoms with Crippen molar-refractivity contribution in [3.05, 3.63) is 11.6 Å². The maximum absolute atomic E-state index is 5.33. The number of hydrogen-bond acceptors (Lipinski definition) is 1. The molecule has 1 rings (SSSR count). The molecule has 1 saturated carbocycles. The summed E-state index contributed by atoms with van der Waals surface area (Å²) in [7, 11) is 0. The van der Waals surface area contributed by atoms with Crippen molar-refractivity contribution < 1.29 is 0 Å².